The van der Waals surface area contributed by atoms with E-state index in [-0.39, 0.29) is 12.0 Å². The number of nitrogens with one attached hydrogen (secondary N) is 6. The summed E-state index contributed by atoms with van der Waals surface area (Å²) in [6.45, 7) is 5.52. The minimum absolute atomic E-state index is 0.0997. The van der Waals surface area contributed by atoms with Gasteiger partial charge in [0.05, 0.1) is 13.0 Å². The van der Waals surface area contributed by atoms with Gasteiger partial charge in [-0.05, 0) is 35.6 Å². The number of hydrogen-bond donors (Lipinski definition) is 11. The highest BCUT2D eigenvalue weighted by Crippen LogP contribution is 2.35. The molecule has 0 aliphatic carbocycles. The first-order valence-corrected chi connectivity index (χ1v) is 16.1. The number of rotatable bonds is 17. The molecular formula is C34H42N6O12. The van der Waals surface area contributed by atoms with Gasteiger partial charge in [0.15, 0.2) is 17.2 Å². The van der Waals surface area contributed by atoms with E-state index < -0.39 is 108 Å². The van der Waals surface area contributed by atoms with E-state index in [0.717, 1.165) is 23.0 Å². The van der Waals surface area contributed by atoms with Crippen molar-refractivity contribution in [3.05, 3.63) is 53.7 Å². The second kappa shape index (κ2) is 17.6. The predicted octanol–water partition coefficient (Wildman–Crippen LogP) is 0.0677. The average Bonchev–Trinajstić information content (AvgIpc) is 3.48. The van der Waals surface area contributed by atoms with Crippen molar-refractivity contribution in [3.63, 3.8) is 0 Å². The molecule has 0 aliphatic rings. The fourth-order valence-corrected chi connectivity index (χ4v) is 5.17. The van der Waals surface area contributed by atoms with Crippen LogP contribution in [0.3, 0.4) is 0 Å². The molecule has 0 unspecified atom stereocenters. The van der Waals surface area contributed by atoms with Gasteiger partial charge in [0.2, 0.25) is 23.6 Å². The smallest absolute Gasteiger partial charge is 0.326 e. The fourth-order valence-electron chi connectivity index (χ4n) is 5.17. The molecule has 0 spiro atoms. The van der Waals surface area contributed by atoms with Crippen molar-refractivity contribution in [3.8, 4) is 17.2 Å². The van der Waals surface area contributed by atoms with E-state index in [4.69, 9.17) is 0 Å². The van der Waals surface area contributed by atoms with Gasteiger partial charge >= 0.3 is 11.9 Å². The van der Waals surface area contributed by atoms with Gasteiger partial charge < -0.3 is 57.1 Å². The van der Waals surface area contributed by atoms with Gasteiger partial charge in [-0.25, -0.2) is 4.79 Å². The van der Waals surface area contributed by atoms with E-state index in [1.807, 2.05) is 0 Å². The van der Waals surface area contributed by atoms with E-state index >= 15 is 0 Å². The Morgan fingerprint density at radius 3 is 1.88 bits per heavy atom. The van der Waals surface area contributed by atoms with E-state index in [0.29, 0.717) is 5.56 Å². The van der Waals surface area contributed by atoms with E-state index in [2.05, 4.69) is 31.6 Å². The first-order chi connectivity index (χ1) is 24.4. The highest BCUT2D eigenvalue weighted by molar-refractivity contribution is 5.99. The molecule has 52 heavy (non-hydrogen) atoms. The summed E-state index contributed by atoms with van der Waals surface area (Å²) in [4.78, 5) is 92.1. The molecule has 11 N–H and O–H groups in total. The molecule has 2 aromatic carbocycles. The standard InChI is InChI=1S/C34H42N6O12/c1-15(2)27(33(50)38-22(12-26(44)45)32(49)40-28(16(3)4)34(51)52)39-31(48)21(9-18-13-35-20-8-6-5-7-19(18)20)37-25(43)14-36-30(47)17-10-23(41)29(46)24(42)11-17/h5-8,10-11,13,15-16,21-22,27-28,35,41-42,46H,9,12,14H2,1-4H3,(H,36,47)(H,37,43)(H,38,50)(H,39,48)(H,40,49)(H,44,45)(H,51,52)/t21-,22-,27+,28+/m0/s1. The first kappa shape index (κ1) is 40.1. The van der Waals surface area contributed by atoms with E-state index in [1.165, 1.54) is 13.8 Å². The van der Waals surface area contributed by atoms with Crippen LogP contribution in [0.5, 0.6) is 17.2 Å². The van der Waals surface area contributed by atoms with Crippen molar-refractivity contribution in [2.45, 2.75) is 64.7 Å². The summed E-state index contributed by atoms with van der Waals surface area (Å²) in [6.07, 6.45) is 0.637. The Morgan fingerprint density at radius 2 is 1.31 bits per heavy atom. The number of hydrogen-bond acceptors (Lipinski definition) is 10. The normalized spacial score (nSPS) is 13.4. The third kappa shape index (κ3) is 10.6. The molecule has 0 saturated heterocycles. The van der Waals surface area contributed by atoms with Gasteiger partial charge in [0.25, 0.3) is 5.91 Å². The van der Waals surface area contributed by atoms with Crippen molar-refractivity contribution in [1.82, 2.24) is 31.6 Å². The van der Waals surface area contributed by atoms with Crippen LogP contribution in [-0.2, 0) is 35.2 Å². The number of aromatic hydroxyl groups is 3. The number of carboxylic acid groups (broad SMARTS) is 2. The minimum Gasteiger partial charge on any atom is -0.504 e. The number of carbonyl (C=O) groups excluding carboxylic acids is 5. The number of aliphatic carboxylic acids is 2. The molecule has 0 fully saturated rings. The Kier molecular flexibility index (Phi) is 13.5. The number of amides is 5. The Bertz CT molecular complexity index is 1810. The van der Waals surface area contributed by atoms with Gasteiger partial charge in [0, 0.05) is 29.1 Å². The quantitative estimate of drug-likeness (QED) is 0.0824. The zero-order valence-electron chi connectivity index (χ0n) is 28.7. The van der Waals surface area contributed by atoms with Gasteiger partial charge in [-0.15, -0.1) is 0 Å². The number of phenolic OH excluding ortho intramolecular Hbond substituents is 3. The van der Waals surface area contributed by atoms with Crippen LogP contribution < -0.4 is 26.6 Å². The SMILES string of the molecule is CC(C)[C@@H](NC(=O)[C@H](CC(=O)O)NC(=O)[C@H](NC(=O)[C@H](Cc1c[nH]c2ccccc12)NC(=O)CNC(=O)c1cc(O)c(O)c(O)c1)C(C)C)C(=O)O. The zero-order valence-corrected chi connectivity index (χ0v) is 28.7. The molecule has 18 nitrogen and oxygen atoms in total. The number of carboxylic acids is 2. The summed E-state index contributed by atoms with van der Waals surface area (Å²) in [5.41, 5.74) is 1.06. The number of phenols is 3. The zero-order chi connectivity index (χ0) is 38.9. The average molecular weight is 727 g/mol. The summed E-state index contributed by atoms with van der Waals surface area (Å²) >= 11 is 0. The summed E-state index contributed by atoms with van der Waals surface area (Å²) in [5.74, 6) is -11.0. The number of para-hydroxylation sites is 1. The van der Waals surface area contributed by atoms with Crippen molar-refractivity contribution < 1.29 is 59.1 Å². The van der Waals surface area contributed by atoms with Crippen LogP contribution in [0.25, 0.3) is 10.9 Å². The molecular weight excluding hydrogens is 684 g/mol. The molecule has 5 amide bonds. The molecule has 0 saturated carbocycles. The number of benzene rings is 2. The van der Waals surface area contributed by atoms with Crippen LogP contribution in [0, 0.1) is 11.8 Å². The topological polar surface area (TPSA) is 297 Å². The molecule has 3 aromatic rings. The van der Waals surface area contributed by atoms with E-state index in [1.54, 1.807) is 44.3 Å². The molecule has 18 heteroatoms. The molecule has 0 bridgehead atoms. The molecule has 280 valence electrons. The third-order valence-electron chi connectivity index (χ3n) is 7.98. The van der Waals surface area contributed by atoms with Crippen LogP contribution in [-0.4, -0.2) is 103 Å². The Morgan fingerprint density at radius 1 is 0.731 bits per heavy atom. The molecule has 1 heterocycles. The second-order valence-corrected chi connectivity index (χ2v) is 12.7. The van der Waals surface area contributed by atoms with Crippen LogP contribution in [0.1, 0.15) is 50.0 Å². The van der Waals surface area contributed by atoms with Crippen LogP contribution in [0.4, 0.5) is 0 Å². The lowest BCUT2D eigenvalue weighted by Crippen LogP contribution is -2.60. The first-order valence-electron chi connectivity index (χ1n) is 16.1. The van der Waals surface area contributed by atoms with Crippen LogP contribution >= 0.6 is 0 Å². The second-order valence-electron chi connectivity index (χ2n) is 12.7. The number of aromatic amines is 1. The van der Waals surface area contributed by atoms with Crippen molar-refractivity contribution in [2.24, 2.45) is 11.8 Å². The Labute approximate surface area is 297 Å². The van der Waals surface area contributed by atoms with Crippen molar-refractivity contribution in [2.75, 3.05) is 6.54 Å². The molecule has 0 aliphatic heterocycles. The summed E-state index contributed by atoms with van der Waals surface area (Å²) in [7, 11) is 0. The lowest BCUT2D eigenvalue weighted by molar-refractivity contribution is -0.144. The predicted molar refractivity (Wildman–Crippen MR) is 183 cm³/mol. The third-order valence-corrected chi connectivity index (χ3v) is 7.98. The maximum Gasteiger partial charge on any atom is 0.326 e. The largest absolute Gasteiger partial charge is 0.504 e. The minimum atomic E-state index is -1.70. The lowest BCUT2D eigenvalue weighted by atomic mass is 9.99. The summed E-state index contributed by atoms with van der Waals surface area (Å²) in [6, 6.07) is 3.08. The molecule has 4 atom stereocenters. The monoisotopic (exact) mass is 726 g/mol. The highest BCUT2D eigenvalue weighted by atomic mass is 16.4. The number of fused-ring (bicyclic) bond motifs is 1. The number of H-pyrrole nitrogens is 1. The maximum atomic E-state index is 13.8. The number of aromatic nitrogens is 1. The van der Waals surface area contributed by atoms with Crippen molar-refractivity contribution >= 4 is 52.4 Å². The highest BCUT2D eigenvalue weighted by Gasteiger charge is 2.34. The van der Waals surface area contributed by atoms with Crippen molar-refractivity contribution in [1.29, 1.82) is 0 Å². The lowest BCUT2D eigenvalue weighted by Gasteiger charge is -2.28. The number of carbonyl (C=O) groups is 7. The molecule has 3 rings (SSSR count). The van der Waals surface area contributed by atoms with E-state index in [9.17, 15) is 59.1 Å². The Hall–Kier alpha value is -6.33. The maximum absolute atomic E-state index is 13.8. The van der Waals surface area contributed by atoms with Gasteiger partial charge in [-0.1, -0.05) is 45.9 Å². The van der Waals surface area contributed by atoms with Gasteiger partial charge in [-0.2, -0.15) is 0 Å². The van der Waals surface area contributed by atoms with Crippen LogP contribution in [0.2, 0.25) is 0 Å². The Balaban J connectivity index is 1.82. The molecule has 1 aromatic heterocycles. The molecule has 0 radical (unpaired) electrons. The summed E-state index contributed by atoms with van der Waals surface area (Å²) < 4.78 is 0. The summed E-state index contributed by atoms with van der Waals surface area (Å²) in [5, 5.41) is 60.4. The van der Waals surface area contributed by atoms with Gasteiger partial charge in [-0.3, -0.25) is 28.8 Å². The van der Waals surface area contributed by atoms with Crippen LogP contribution in [0.15, 0.2) is 42.6 Å². The fraction of sp³-hybridized carbons (Fsp3) is 0.382. The van der Waals surface area contributed by atoms with Gasteiger partial charge in [0.1, 0.15) is 24.2 Å².